The van der Waals surface area contributed by atoms with Crippen molar-refractivity contribution in [3.8, 4) is 0 Å². The second kappa shape index (κ2) is 6.75. The Kier molecular flexibility index (Phi) is 4.32. The highest BCUT2D eigenvalue weighted by atomic mass is 16.5. The molecule has 124 valence electrons. The summed E-state index contributed by atoms with van der Waals surface area (Å²) in [5.74, 6) is 0.105. The van der Waals surface area contributed by atoms with Gasteiger partial charge in [0.05, 0.1) is 18.8 Å². The number of benzene rings is 2. The molecule has 2 saturated heterocycles. The largest absolute Gasteiger partial charge is 0.373 e. The van der Waals surface area contributed by atoms with Crippen LogP contribution in [-0.4, -0.2) is 54.1 Å². The third-order valence-electron chi connectivity index (χ3n) is 4.95. The highest BCUT2D eigenvalue weighted by Gasteiger charge is 2.41. The summed E-state index contributed by atoms with van der Waals surface area (Å²) in [4.78, 5) is 17.1. The summed E-state index contributed by atoms with van der Waals surface area (Å²) >= 11 is 0. The van der Waals surface area contributed by atoms with E-state index in [1.165, 1.54) is 5.56 Å². The number of amides is 1. The highest BCUT2D eigenvalue weighted by Crippen LogP contribution is 2.25. The van der Waals surface area contributed by atoms with Crippen LogP contribution in [0.4, 0.5) is 0 Å². The minimum absolute atomic E-state index is 0.105. The average molecular weight is 322 g/mol. The van der Waals surface area contributed by atoms with Gasteiger partial charge in [0.25, 0.3) is 5.91 Å². The lowest BCUT2D eigenvalue weighted by atomic mass is 10.1. The molecule has 2 heterocycles. The number of rotatable bonds is 3. The smallest absolute Gasteiger partial charge is 0.253 e. The quantitative estimate of drug-likeness (QED) is 0.870. The van der Waals surface area contributed by atoms with Crippen LogP contribution in [0.3, 0.4) is 0 Å². The first-order valence-corrected chi connectivity index (χ1v) is 8.55. The molecular weight excluding hydrogens is 300 g/mol. The lowest BCUT2D eigenvalue weighted by Gasteiger charge is -2.36. The van der Waals surface area contributed by atoms with Crippen molar-refractivity contribution in [2.75, 3.05) is 26.2 Å². The molecule has 0 radical (unpaired) electrons. The maximum Gasteiger partial charge on any atom is 0.253 e. The van der Waals surface area contributed by atoms with Crippen molar-refractivity contribution in [2.45, 2.75) is 18.7 Å². The first-order valence-electron chi connectivity index (χ1n) is 8.55. The number of morpholine rings is 1. The number of nitrogens with zero attached hydrogens (tertiary/aromatic N) is 2. The molecule has 0 aliphatic carbocycles. The molecule has 1 amide bonds. The standard InChI is InChI=1S/C20H22N2O2/c23-20(17-9-5-2-6-10-17)22-14-18-19(15-22)24-12-11-21(18)13-16-7-3-1-4-8-16/h1-10,18-19H,11-15H2/t18?,19-/m0/s1. The zero-order chi connectivity index (χ0) is 16.4. The Bertz CT molecular complexity index is 689. The van der Waals surface area contributed by atoms with E-state index in [0.29, 0.717) is 6.54 Å². The van der Waals surface area contributed by atoms with Crippen LogP contribution < -0.4 is 0 Å². The molecule has 2 aliphatic heterocycles. The third kappa shape index (κ3) is 3.07. The van der Waals surface area contributed by atoms with Crippen molar-refractivity contribution in [3.05, 3.63) is 71.8 Å². The molecule has 0 saturated carbocycles. The van der Waals surface area contributed by atoms with E-state index in [4.69, 9.17) is 4.74 Å². The molecule has 2 aliphatic rings. The molecule has 0 bridgehead atoms. The number of ether oxygens (including phenoxy) is 1. The molecule has 2 aromatic carbocycles. The molecule has 0 aromatic heterocycles. The van der Waals surface area contributed by atoms with Crippen molar-refractivity contribution >= 4 is 5.91 Å². The van der Waals surface area contributed by atoms with E-state index in [-0.39, 0.29) is 18.1 Å². The van der Waals surface area contributed by atoms with Crippen molar-refractivity contribution in [2.24, 2.45) is 0 Å². The molecule has 2 fully saturated rings. The van der Waals surface area contributed by atoms with Crippen molar-refractivity contribution in [3.63, 3.8) is 0 Å². The number of carbonyl (C=O) groups is 1. The Balaban J connectivity index is 1.47. The molecule has 4 heteroatoms. The van der Waals surface area contributed by atoms with Gasteiger partial charge in [0.1, 0.15) is 0 Å². The zero-order valence-electron chi connectivity index (χ0n) is 13.7. The van der Waals surface area contributed by atoms with E-state index in [0.717, 1.165) is 31.8 Å². The lowest BCUT2D eigenvalue weighted by molar-refractivity contribution is -0.0503. The summed E-state index contributed by atoms with van der Waals surface area (Å²) in [6, 6.07) is 20.3. The summed E-state index contributed by atoms with van der Waals surface area (Å²) in [7, 11) is 0. The fourth-order valence-corrected chi connectivity index (χ4v) is 3.70. The summed E-state index contributed by atoms with van der Waals surface area (Å²) in [6.45, 7) is 4.00. The predicted octanol–water partition coefficient (Wildman–Crippen LogP) is 2.41. The topological polar surface area (TPSA) is 32.8 Å². The van der Waals surface area contributed by atoms with E-state index in [1.807, 2.05) is 41.3 Å². The van der Waals surface area contributed by atoms with E-state index in [9.17, 15) is 4.79 Å². The molecule has 0 N–H and O–H groups in total. The first-order chi connectivity index (χ1) is 11.8. The second-order valence-corrected chi connectivity index (χ2v) is 6.51. The van der Waals surface area contributed by atoms with Crippen LogP contribution in [0, 0.1) is 0 Å². The number of likely N-dealkylation sites (tertiary alicyclic amines) is 1. The van der Waals surface area contributed by atoms with Crippen LogP contribution in [0.1, 0.15) is 15.9 Å². The Morgan fingerprint density at radius 1 is 1.00 bits per heavy atom. The normalized spacial score (nSPS) is 23.9. The number of carbonyl (C=O) groups excluding carboxylic acids is 1. The number of hydrogen-bond donors (Lipinski definition) is 0. The number of fused-ring (bicyclic) bond motifs is 1. The first kappa shape index (κ1) is 15.4. The van der Waals surface area contributed by atoms with Gasteiger partial charge in [0.2, 0.25) is 0 Å². The Hall–Kier alpha value is -2.17. The van der Waals surface area contributed by atoms with Gasteiger partial charge in [-0.3, -0.25) is 9.69 Å². The molecule has 1 unspecified atom stereocenters. The van der Waals surface area contributed by atoms with E-state index in [1.54, 1.807) is 0 Å². The number of hydrogen-bond acceptors (Lipinski definition) is 3. The molecule has 4 nitrogen and oxygen atoms in total. The van der Waals surface area contributed by atoms with Crippen LogP contribution in [0.5, 0.6) is 0 Å². The van der Waals surface area contributed by atoms with Gasteiger partial charge < -0.3 is 9.64 Å². The maximum atomic E-state index is 12.7. The van der Waals surface area contributed by atoms with Gasteiger partial charge in [-0.15, -0.1) is 0 Å². The SMILES string of the molecule is O=C(c1ccccc1)N1CC2[C@H](C1)OCCN2Cc1ccccc1. The zero-order valence-corrected chi connectivity index (χ0v) is 13.7. The van der Waals surface area contributed by atoms with E-state index in [2.05, 4.69) is 29.2 Å². The van der Waals surface area contributed by atoms with Crippen LogP contribution >= 0.6 is 0 Å². The Labute approximate surface area is 142 Å². The van der Waals surface area contributed by atoms with Gasteiger partial charge in [0.15, 0.2) is 0 Å². The van der Waals surface area contributed by atoms with Crippen LogP contribution in [0.15, 0.2) is 60.7 Å². The predicted molar refractivity (Wildman–Crippen MR) is 92.7 cm³/mol. The molecule has 2 aromatic rings. The summed E-state index contributed by atoms with van der Waals surface area (Å²) < 4.78 is 5.95. The molecule has 24 heavy (non-hydrogen) atoms. The lowest BCUT2D eigenvalue weighted by Crippen LogP contribution is -2.50. The third-order valence-corrected chi connectivity index (χ3v) is 4.95. The van der Waals surface area contributed by atoms with Gasteiger partial charge >= 0.3 is 0 Å². The summed E-state index contributed by atoms with van der Waals surface area (Å²) in [5.41, 5.74) is 2.07. The molecule has 4 rings (SSSR count). The molecule has 0 spiro atoms. The van der Waals surface area contributed by atoms with E-state index < -0.39 is 0 Å². The van der Waals surface area contributed by atoms with Crippen LogP contribution in [-0.2, 0) is 11.3 Å². The fraction of sp³-hybridized carbons (Fsp3) is 0.350. The van der Waals surface area contributed by atoms with Crippen molar-refractivity contribution in [1.29, 1.82) is 0 Å². The monoisotopic (exact) mass is 322 g/mol. The van der Waals surface area contributed by atoms with Crippen LogP contribution in [0.2, 0.25) is 0 Å². The van der Waals surface area contributed by atoms with Gasteiger partial charge in [-0.05, 0) is 17.7 Å². The maximum absolute atomic E-state index is 12.7. The molecule has 2 atom stereocenters. The second-order valence-electron chi connectivity index (χ2n) is 6.51. The van der Waals surface area contributed by atoms with Crippen molar-refractivity contribution < 1.29 is 9.53 Å². The minimum atomic E-state index is 0.105. The van der Waals surface area contributed by atoms with Gasteiger partial charge in [-0.25, -0.2) is 0 Å². The van der Waals surface area contributed by atoms with Gasteiger partial charge in [-0.1, -0.05) is 48.5 Å². The summed E-state index contributed by atoms with van der Waals surface area (Å²) in [5, 5.41) is 0. The summed E-state index contributed by atoms with van der Waals surface area (Å²) in [6.07, 6.45) is 0.120. The van der Waals surface area contributed by atoms with Gasteiger partial charge in [0, 0.05) is 31.7 Å². The van der Waals surface area contributed by atoms with E-state index >= 15 is 0 Å². The van der Waals surface area contributed by atoms with Crippen LogP contribution in [0.25, 0.3) is 0 Å². The fourth-order valence-electron chi connectivity index (χ4n) is 3.70. The Morgan fingerprint density at radius 2 is 1.71 bits per heavy atom. The average Bonchev–Trinajstić information content (AvgIpc) is 3.08. The Morgan fingerprint density at radius 3 is 2.46 bits per heavy atom. The minimum Gasteiger partial charge on any atom is -0.373 e. The van der Waals surface area contributed by atoms with Crippen molar-refractivity contribution in [1.82, 2.24) is 9.80 Å². The highest BCUT2D eigenvalue weighted by molar-refractivity contribution is 5.94. The molecular formula is C20H22N2O2. The van der Waals surface area contributed by atoms with Gasteiger partial charge in [-0.2, -0.15) is 0 Å².